The Hall–Kier alpha value is -3.68. The summed E-state index contributed by atoms with van der Waals surface area (Å²) in [5, 5.41) is 11.0. The van der Waals surface area contributed by atoms with E-state index in [-0.39, 0.29) is 18.1 Å². The molecule has 1 fully saturated rings. The average molecular weight is 411 g/mol. The first kappa shape index (κ1) is 19.6. The Kier molecular flexibility index (Phi) is 4.99. The molecule has 2 aromatic rings. The summed E-state index contributed by atoms with van der Waals surface area (Å²) >= 11 is 0. The zero-order valence-electron chi connectivity index (χ0n) is 16.8. The fraction of sp³-hybridized carbons (Fsp3) is 0.273. The molecular formula is C22H21NO7. The lowest BCUT2D eigenvalue weighted by atomic mass is 9.95. The van der Waals surface area contributed by atoms with Crippen LogP contribution < -0.4 is 18.9 Å². The first-order valence-corrected chi connectivity index (χ1v) is 9.41. The summed E-state index contributed by atoms with van der Waals surface area (Å²) < 4.78 is 21.6. The predicted octanol–water partition coefficient (Wildman–Crippen LogP) is 2.87. The number of hydrogen-bond acceptors (Lipinski definition) is 7. The molecule has 4 rings (SSSR count). The van der Waals surface area contributed by atoms with Gasteiger partial charge in [-0.15, -0.1) is 0 Å². The predicted molar refractivity (Wildman–Crippen MR) is 107 cm³/mol. The highest BCUT2D eigenvalue weighted by Gasteiger charge is 2.44. The van der Waals surface area contributed by atoms with E-state index in [4.69, 9.17) is 18.9 Å². The van der Waals surface area contributed by atoms with Crippen molar-refractivity contribution in [2.75, 3.05) is 27.6 Å². The normalized spacial score (nSPS) is 19.3. The van der Waals surface area contributed by atoms with Crippen LogP contribution in [0.15, 0.2) is 42.0 Å². The lowest BCUT2D eigenvalue weighted by Crippen LogP contribution is -2.24. The third-order valence-corrected chi connectivity index (χ3v) is 5.12. The van der Waals surface area contributed by atoms with E-state index in [1.807, 2.05) is 6.92 Å². The number of rotatable bonds is 5. The molecule has 1 unspecified atom stereocenters. The number of methoxy groups -OCH3 is 1. The highest BCUT2D eigenvalue weighted by atomic mass is 16.7. The number of Topliss-reactive ketones (excluding diaryl/α,β-unsaturated/α-hetero) is 1. The third kappa shape index (κ3) is 3.10. The quantitative estimate of drug-likeness (QED) is 0.459. The van der Waals surface area contributed by atoms with Crippen molar-refractivity contribution in [2.24, 2.45) is 0 Å². The van der Waals surface area contributed by atoms with E-state index >= 15 is 0 Å². The molecule has 30 heavy (non-hydrogen) atoms. The van der Waals surface area contributed by atoms with Gasteiger partial charge >= 0.3 is 0 Å². The number of aliphatic hydroxyl groups is 1. The number of likely N-dealkylation sites (tertiary alicyclic amines) is 1. The molecule has 0 radical (unpaired) electrons. The lowest BCUT2D eigenvalue weighted by molar-refractivity contribution is -0.139. The van der Waals surface area contributed by atoms with Gasteiger partial charge in [0.25, 0.3) is 11.7 Å². The summed E-state index contributed by atoms with van der Waals surface area (Å²) in [5.41, 5.74) is 0.959. The molecule has 0 aliphatic carbocycles. The first-order valence-electron chi connectivity index (χ1n) is 9.41. The molecule has 2 aliphatic rings. The summed E-state index contributed by atoms with van der Waals surface area (Å²) in [6.07, 6.45) is 0. The Bertz CT molecular complexity index is 1060. The second-order valence-corrected chi connectivity index (χ2v) is 6.82. The van der Waals surface area contributed by atoms with Gasteiger partial charge in [0.1, 0.15) is 5.76 Å². The maximum absolute atomic E-state index is 12.8. The van der Waals surface area contributed by atoms with Gasteiger partial charge in [-0.05, 0) is 42.8 Å². The summed E-state index contributed by atoms with van der Waals surface area (Å²) in [4.78, 5) is 26.5. The first-order chi connectivity index (χ1) is 14.5. The zero-order chi connectivity index (χ0) is 21.4. The van der Waals surface area contributed by atoms with Gasteiger partial charge in [0, 0.05) is 12.6 Å². The van der Waals surface area contributed by atoms with Crippen LogP contribution in [0.2, 0.25) is 0 Å². The number of aliphatic hydroxyl groups excluding tert-OH is 1. The van der Waals surface area contributed by atoms with Crippen molar-refractivity contribution in [1.29, 1.82) is 0 Å². The van der Waals surface area contributed by atoms with Crippen LogP contribution in [0.1, 0.15) is 24.1 Å². The fourth-order valence-corrected chi connectivity index (χ4v) is 3.67. The number of benzene rings is 2. The molecule has 0 aromatic heterocycles. The minimum atomic E-state index is -0.778. The number of likely N-dealkylation sites (N-methyl/N-ethyl adjacent to an activating group) is 1. The Morgan fingerprint density at radius 3 is 2.63 bits per heavy atom. The fourth-order valence-electron chi connectivity index (χ4n) is 3.67. The van der Waals surface area contributed by atoms with E-state index in [1.54, 1.807) is 36.4 Å². The van der Waals surface area contributed by atoms with Gasteiger partial charge in [0.2, 0.25) is 6.79 Å². The Labute approximate surface area is 173 Å². The second-order valence-electron chi connectivity index (χ2n) is 6.82. The number of nitrogens with zero attached hydrogens (tertiary/aromatic N) is 1. The van der Waals surface area contributed by atoms with E-state index in [0.29, 0.717) is 40.7 Å². The summed E-state index contributed by atoms with van der Waals surface area (Å²) in [7, 11) is 3.03. The van der Waals surface area contributed by atoms with Crippen molar-refractivity contribution in [3.8, 4) is 23.0 Å². The van der Waals surface area contributed by atoms with E-state index in [0.717, 1.165) is 0 Å². The minimum absolute atomic E-state index is 0.00687. The van der Waals surface area contributed by atoms with Crippen molar-refractivity contribution < 1.29 is 33.6 Å². The number of carbonyl (C=O) groups is 2. The monoisotopic (exact) mass is 411 g/mol. The minimum Gasteiger partial charge on any atom is -0.507 e. The molecule has 1 amide bonds. The number of ketones is 1. The Balaban J connectivity index is 1.82. The average Bonchev–Trinajstić information content (AvgIpc) is 3.31. The van der Waals surface area contributed by atoms with Gasteiger partial charge in [-0.1, -0.05) is 6.07 Å². The molecule has 2 heterocycles. The topological polar surface area (TPSA) is 94.5 Å². The molecule has 1 N–H and O–H groups in total. The van der Waals surface area contributed by atoms with Crippen LogP contribution >= 0.6 is 0 Å². The number of ether oxygens (including phenoxy) is 4. The molecule has 1 atom stereocenters. The molecule has 2 aliphatic heterocycles. The zero-order valence-corrected chi connectivity index (χ0v) is 16.8. The van der Waals surface area contributed by atoms with Crippen molar-refractivity contribution >= 4 is 17.4 Å². The largest absolute Gasteiger partial charge is 0.507 e. The highest BCUT2D eigenvalue weighted by Crippen LogP contribution is 2.42. The number of fused-ring (bicyclic) bond motifs is 1. The Morgan fingerprint density at radius 1 is 1.13 bits per heavy atom. The van der Waals surface area contributed by atoms with Crippen LogP contribution in [-0.4, -0.2) is 49.3 Å². The van der Waals surface area contributed by atoms with E-state index in [9.17, 15) is 14.7 Å². The molecule has 2 aromatic carbocycles. The Morgan fingerprint density at radius 2 is 1.90 bits per heavy atom. The van der Waals surface area contributed by atoms with Gasteiger partial charge in [0.05, 0.1) is 25.3 Å². The number of amides is 1. The second kappa shape index (κ2) is 7.62. The number of carbonyl (C=O) groups excluding carboxylic acids is 2. The van der Waals surface area contributed by atoms with Crippen molar-refractivity contribution in [2.45, 2.75) is 13.0 Å². The van der Waals surface area contributed by atoms with Gasteiger partial charge in [-0.2, -0.15) is 0 Å². The van der Waals surface area contributed by atoms with Crippen molar-refractivity contribution in [3.63, 3.8) is 0 Å². The maximum Gasteiger partial charge on any atom is 0.295 e. The van der Waals surface area contributed by atoms with Crippen LogP contribution in [0.5, 0.6) is 23.0 Å². The van der Waals surface area contributed by atoms with Crippen LogP contribution in [0.25, 0.3) is 5.76 Å². The van der Waals surface area contributed by atoms with Gasteiger partial charge in [0.15, 0.2) is 23.0 Å². The summed E-state index contributed by atoms with van der Waals surface area (Å²) in [6.45, 7) is 2.41. The van der Waals surface area contributed by atoms with Crippen LogP contribution in [0.4, 0.5) is 0 Å². The van der Waals surface area contributed by atoms with Crippen molar-refractivity contribution in [1.82, 2.24) is 4.90 Å². The van der Waals surface area contributed by atoms with E-state index < -0.39 is 17.7 Å². The summed E-state index contributed by atoms with van der Waals surface area (Å²) in [5.74, 6) is 0.290. The maximum atomic E-state index is 12.8. The summed E-state index contributed by atoms with van der Waals surface area (Å²) in [6, 6.07) is 9.22. The SMILES string of the molecule is CCOc1ccc(C2/C(=C(\O)c3ccc4c(c3)OCO4)C(=O)C(=O)N2C)cc1OC. The third-order valence-electron chi connectivity index (χ3n) is 5.12. The van der Waals surface area contributed by atoms with Crippen molar-refractivity contribution in [3.05, 3.63) is 53.1 Å². The molecule has 1 saturated heterocycles. The standard InChI is InChI=1S/C22H21NO7/c1-4-28-14-7-5-12(9-16(14)27-3)19-18(21(25)22(26)23(19)2)20(24)13-6-8-15-17(10-13)30-11-29-15/h5-10,19,24H,4,11H2,1-3H3/b20-18+. The van der Waals surface area contributed by atoms with E-state index in [1.165, 1.54) is 19.1 Å². The molecule has 0 spiro atoms. The smallest absolute Gasteiger partial charge is 0.295 e. The van der Waals surface area contributed by atoms with Crippen LogP contribution in [-0.2, 0) is 9.59 Å². The molecule has 8 heteroatoms. The molecule has 8 nitrogen and oxygen atoms in total. The van der Waals surface area contributed by atoms with E-state index in [2.05, 4.69) is 0 Å². The highest BCUT2D eigenvalue weighted by molar-refractivity contribution is 6.46. The molecule has 0 bridgehead atoms. The van der Waals surface area contributed by atoms with Crippen LogP contribution in [0, 0.1) is 0 Å². The number of hydrogen-bond donors (Lipinski definition) is 1. The van der Waals surface area contributed by atoms with Crippen LogP contribution in [0.3, 0.4) is 0 Å². The lowest BCUT2D eigenvalue weighted by Gasteiger charge is -2.22. The molecule has 156 valence electrons. The molecular weight excluding hydrogens is 390 g/mol. The van der Waals surface area contributed by atoms with Gasteiger partial charge in [-0.25, -0.2) is 0 Å². The van der Waals surface area contributed by atoms with Gasteiger partial charge in [-0.3, -0.25) is 9.59 Å². The van der Waals surface area contributed by atoms with Gasteiger partial charge < -0.3 is 29.0 Å². The molecule has 0 saturated carbocycles.